The molecule has 0 unspecified atom stereocenters. The number of halogens is 1. The Morgan fingerprint density at radius 2 is 2.22 bits per heavy atom. The van der Waals surface area contributed by atoms with Gasteiger partial charge in [0.1, 0.15) is 11.6 Å². The molecule has 1 rings (SSSR count). The first-order valence-electron chi connectivity index (χ1n) is 5.86. The van der Waals surface area contributed by atoms with E-state index in [1.165, 1.54) is 25.3 Å². The molecular weight excluding hydrogens is 237 g/mol. The van der Waals surface area contributed by atoms with Crippen molar-refractivity contribution in [3.8, 4) is 5.75 Å². The quantitative estimate of drug-likeness (QED) is 0.597. The van der Waals surface area contributed by atoms with Gasteiger partial charge in [-0.3, -0.25) is 0 Å². The number of carbonyl (C=O) groups is 1. The molecule has 0 heterocycles. The molecule has 100 valence electrons. The fourth-order valence-corrected chi connectivity index (χ4v) is 1.42. The molecule has 1 aromatic rings. The lowest BCUT2D eigenvalue weighted by molar-refractivity contribution is -0.142. The molecule has 0 saturated carbocycles. The van der Waals surface area contributed by atoms with Gasteiger partial charge in [-0.05, 0) is 31.2 Å². The number of rotatable bonds is 7. The van der Waals surface area contributed by atoms with Crippen LogP contribution in [0.15, 0.2) is 18.2 Å². The van der Waals surface area contributed by atoms with Crippen molar-refractivity contribution in [2.24, 2.45) is 0 Å². The third-order valence-electron chi connectivity index (χ3n) is 2.34. The fourth-order valence-electron chi connectivity index (χ4n) is 1.42. The van der Waals surface area contributed by atoms with Crippen LogP contribution >= 0.6 is 0 Å². The molecule has 0 fully saturated rings. The predicted octanol–water partition coefficient (Wildman–Crippen LogP) is 1.88. The highest BCUT2D eigenvalue weighted by atomic mass is 19.1. The van der Waals surface area contributed by atoms with Crippen LogP contribution < -0.4 is 10.1 Å². The Balaban J connectivity index is 2.66. The van der Waals surface area contributed by atoms with Crippen LogP contribution in [-0.4, -0.2) is 26.2 Å². The van der Waals surface area contributed by atoms with E-state index in [4.69, 9.17) is 4.74 Å². The van der Waals surface area contributed by atoms with E-state index in [1.807, 2.05) is 6.92 Å². The van der Waals surface area contributed by atoms with Crippen LogP contribution in [0.25, 0.3) is 0 Å². The second kappa shape index (κ2) is 7.66. The second-order valence-corrected chi connectivity index (χ2v) is 3.79. The van der Waals surface area contributed by atoms with Gasteiger partial charge in [-0.1, -0.05) is 6.92 Å². The van der Waals surface area contributed by atoms with Crippen molar-refractivity contribution in [3.63, 3.8) is 0 Å². The van der Waals surface area contributed by atoms with Gasteiger partial charge in [-0.15, -0.1) is 0 Å². The number of ether oxygens (including phenoxy) is 2. The first-order chi connectivity index (χ1) is 8.67. The van der Waals surface area contributed by atoms with Gasteiger partial charge in [0.05, 0.1) is 7.11 Å². The Kier molecular flexibility index (Phi) is 6.14. The van der Waals surface area contributed by atoms with Crippen molar-refractivity contribution in [1.82, 2.24) is 5.32 Å². The second-order valence-electron chi connectivity index (χ2n) is 3.79. The molecule has 18 heavy (non-hydrogen) atoms. The van der Waals surface area contributed by atoms with Gasteiger partial charge in [-0.25, -0.2) is 9.18 Å². The Morgan fingerprint density at radius 3 is 2.89 bits per heavy atom. The maximum atomic E-state index is 13.1. The molecular formula is C13H18FNO3. The molecule has 0 atom stereocenters. The van der Waals surface area contributed by atoms with Crippen LogP contribution in [0.3, 0.4) is 0 Å². The molecule has 4 nitrogen and oxygen atoms in total. The Hall–Kier alpha value is -1.62. The normalized spacial score (nSPS) is 10.2. The van der Waals surface area contributed by atoms with Gasteiger partial charge < -0.3 is 14.8 Å². The van der Waals surface area contributed by atoms with E-state index in [0.717, 1.165) is 13.0 Å². The molecule has 5 heteroatoms. The summed E-state index contributed by atoms with van der Waals surface area (Å²) < 4.78 is 22.9. The molecule has 0 aliphatic rings. The standard InChI is InChI=1S/C13H18FNO3/c1-3-6-15-8-10-7-11(14)4-5-12(10)18-9-13(16)17-2/h4-5,7,15H,3,6,8-9H2,1-2H3. The number of hydrogen-bond donors (Lipinski definition) is 1. The molecule has 0 amide bonds. The Bertz CT molecular complexity index is 396. The predicted molar refractivity (Wildman–Crippen MR) is 65.9 cm³/mol. The van der Waals surface area contributed by atoms with Crippen LogP contribution in [0.1, 0.15) is 18.9 Å². The van der Waals surface area contributed by atoms with Gasteiger partial charge in [0, 0.05) is 12.1 Å². The molecule has 0 aromatic heterocycles. The van der Waals surface area contributed by atoms with E-state index < -0.39 is 5.97 Å². The fraction of sp³-hybridized carbons (Fsp3) is 0.462. The van der Waals surface area contributed by atoms with E-state index in [2.05, 4.69) is 10.1 Å². The molecule has 1 aromatic carbocycles. The lowest BCUT2D eigenvalue weighted by atomic mass is 10.2. The first-order valence-corrected chi connectivity index (χ1v) is 5.86. The summed E-state index contributed by atoms with van der Waals surface area (Å²) in [4.78, 5) is 11.0. The molecule has 1 N–H and O–H groups in total. The summed E-state index contributed by atoms with van der Waals surface area (Å²) in [6.07, 6.45) is 0.994. The smallest absolute Gasteiger partial charge is 0.343 e. The maximum Gasteiger partial charge on any atom is 0.343 e. The van der Waals surface area contributed by atoms with Crippen LogP contribution in [0.5, 0.6) is 5.75 Å². The number of benzene rings is 1. The average molecular weight is 255 g/mol. The van der Waals surface area contributed by atoms with Gasteiger partial charge in [-0.2, -0.15) is 0 Å². The zero-order valence-electron chi connectivity index (χ0n) is 10.7. The van der Waals surface area contributed by atoms with Crippen molar-refractivity contribution in [2.45, 2.75) is 19.9 Å². The summed E-state index contributed by atoms with van der Waals surface area (Å²) in [6, 6.07) is 4.21. The Morgan fingerprint density at radius 1 is 1.44 bits per heavy atom. The van der Waals surface area contributed by atoms with Crippen LogP contribution in [-0.2, 0) is 16.1 Å². The monoisotopic (exact) mass is 255 g/mol. The third kappa shape index (κ3) is 4.71. The van der Waals surface area contributed by atoms with Gasteiger partial charge >= 0.3 is 5.97 Å². The summed E-state index contributed by atoms with van der Waals surface area (Å²) in [6.45, 7) is 3.21. The van der Waals surface area contributed by atoms with E-state index in [9.17, 15) is 9.18 Å². The molecule has 0 aliphatic carbocycles. The summed E-state index contributed by atoms with van der Waals surface area (Å²) in [7, 11) is 1.29. The summed E-state index contributed by atoms with van der Waals surface area (Å²) in [5.74, 6) is -0.300. The highest BCUT2D eigenvalue weighted by molar-refractivity contribution is 5.70. The minimum absolute atomic E-state index is 0.178. The van der Waals surface area contributed by atoms with Crippen molar-refractivity contribution in [3.05, 3.63) is 29.6 Å². The number of nitrogens with one attached hydrogen (secondary N) is 1. The number of carbonyl (C=O) groups excluding carboxylic acids is 1. The molecule has 0 saturated heterocycles. The van der Waals surface area contributed by atoms with E-state index in [-0.39, 0.29) is 12.4 Å². The largest absolute Gasteiger partial charge is 0.482 e. The van der Waals surface area contributed by atoms with E-state index in [1.54, 1.807) is 0 Å². The van der Waals surface area contributed by atoms with Gasteiger partial charge in [0.15, 0.2) is 6.61 Å². The Labute approximate surface area is 106 Å². The van der Waals surface area contributed by atoms with Gasteiger partial charge in [0.2, 0.25) is 0 Å². The SMILES string of the molecule is CCCNCc1cc(F)ccc1OCC(=O)OC. The highest BCUT2D eigenvalue weighted by Gasteiger charge is 2.08. The third-order valence-corrected chi connectivity index (χ3v) is 2.34. The van der Waals surface area contributed by atoms with E-state index in [0.29, 0.717) is 17.9 Å². The number of hydrogen-bond acceptors (Lipinski definition) is 4. The molecule has 0 spiro atoms. The first kappa shape index (κ1) is 14.4. The van der Waals surface area contributed by atoms with Crippen LogP contribution in [0.2, 0.25) is 0 Å². The summed E-state index contributed by atoms with van der Waals surface area (Å²) in [5, 5.41) is 3.16. The van der Waals surface area contributed by atoms with Crippen LogP contribution in [0.4, 0.5) is 4.39 Å². The lowest BCUT2D eigenvalue weighted by Gasteiger charge is -2.11. The topological polar surface area (TPSA) is 47.6 Å². The molecule has 0 bridgehead atoms. The zero-order valence-corrected chi connectivity index (χ0v) is 10.7. The van der Waals surface area contributed by atoms with E-state index >= 15 is 0 Å². The minimum Gasteiger partial charge on any atom is -0.482 e. The van der Waals surface area contributed by atoms with Crippen molar-refractivity contribution in [1.29, 1.82) is 0 Å². The lowest BCUT2D eigenvalue weighted by Crippen LogP contribution is -2.17. The zero-order chi connectivity index (χ0) is 13.4. The number of methoxy groups -OCH3 is 1. The van der Waals surface area contributed by atoms with Crippen molar-refractivity contribution >= 4 is 5.97 Å². The van der Waals surface area contributed by atoms with Crippen LogP contribution in [0, 0.1) is 5.82 Å². The number of esters is 1. The highest BCUT2D eigenvalue weighted by Crippen LogP contribution is 2.19. The molecule has 0 radical (unpaired) electrons. The molecule has 0 aliphatic heterocycles. The van der Waals surface area contributed by atoms with Crippen molar-refractivity contribution in [2.75, 3.05) is 20.3 Å². The maximum absolute atomic E-state index is 13.1. The van der Waals surface area contributed by atoms with Crippen molar-refractivity contribution < 1.29 is 18.7 Å². The minimum atomic E-state index is -0.466. The van der Waals surface area contributed by atoms with Gasteiger partial charge in [0.25, 0.3) is 0 Å². The average Bonchev–Trinajstić information content (AvgIpc) is 2.37. The summed E-state index contributed by atoms with van der Waals surface area (Å²) >= 11 is 0. The summed E-state index contributed by atoms with van der Waals surface area (Å²) in [5.41, 5.74) is 0.687.